The van der Waals surface area contributed by atoms with Crippen molar-refractivity contribution in [1.29, 1.82) is 0 Å². The van der Waals surface area contributed by atoms with Gasteiger partial charge in [0.15, 0.2) is 0 Å². The minimum atomic E-state index is -1.17. The molecule has 8 nitrogen and oxygen atoms in total. The van der Waals surface area contributed by atoms with Crippen LogP contribution in [-0.4, -0.2) is 51.1 Å². The van der Waals surface area contributed by atoms with Crippen molar-refractivity contribution in [2.45, 2.75) is 24.9 Å². The van der Waals surface area contributed by atoms with Gasteiger partial charge in [0.2, 0.25) is 0 Å². The molecule has 0 heterocycles. The molecule has 2 atom stereocenters. The van der Waals surface area contributed by atoms with Gasteiger partial charge in [-0.3, -0.25) is 14.4 Å². The highest BCUT2D eigenvalue weighted by Crippen LogP contribution is 1.93. The van der Waals surface area contributed by atoms with Gasteiger partial charge in [0.1, 0.15) is 12.1 Å². The van der Waals surface area contributed by atoms with E-state index in [1.54, 1.807) is 0 Å². The largest absolute Gasteiger partial charge is 0.481 e. The molecule has 0 aliphatic rings. The standard InChI is InChI=1S/C5H9NO4.C3H7NO2S/c6-3(5(9)10)1-2-4(7)8;4-2(1-7)3(5)6/h3H,1-2,6H2,(H,7,8)(H,9,10);2,7H,1,4H2,(H,5,6)/t3-;2-/m00/s1. The molecule has 0 unspecified atom stereocenters. The maximum absolute atomic E-state index is 9.99. The summed E-state index contributed by atoms with van der Waals surface area (Å²) in [5, 5.41) is 24.3. The summed E-state index contributed by atoms with van der Waals surface area (Å²) in [6, 6.07) is -1.88. The first-order valence-corrected chi connectivity index (χ1v) is 5.15. The first-order chi connectivity index (χ1) is 7.72. The Balaban J connectivity index is 0. The molecule has 7 N–H and O–H groups in total. The fraction of sp³-hybridized carbons (Fsp3) is 0.625. The number of rotatable bonds is 6. The lowest BCUT2D eigenvalue weighted by atomic mass is 10.2. The lowest BCUT2D eigenvalue weighted by Crippen LogP contribution is -2.31. The zero-order valence-corrected chi connectivity index (χ0v) is 9.84. The van der Waals surface area contributed by atoms with Crippen molar-refractivity contribution in [1.82, 2.24) is 0 Å². The molecule has 0 radical (unpaired) electrons. The van der Waals surface area contributed by atoms with Gasteiger partial charge in [-0.1, -0.05) is 0 Å². The summed E-state index contributed by atoms with van der Waals surface area (Å²) in [5.41, 5.74) is 9.94. The number of carbonyl (C=O) groups is 3. The van der Waals surface area contributed by atoms with Gasteiger partial charge in [-0.2, -0.15) is 12.6 Å². The van der Waals surface area contributed by atoms with Crippen LogP contribution in [0.15, 0.2) is 0 Å². The lowest BCUT2D eigenvalue weighted by molar-refractivity contribution is -0.140. The number of carboxylic acids is 3. The van der Waals surface area contributed by atoms with E-state index in [1.165, 1.54) is 0 Å². The Morgan fingerprint density at radius 3 is 1.59 bits per heavy atom. The Morgan fingerprint density at radius 2 is 1.41 bits per heavy atom. The third-order valence-electron chi connectivity index (χ3n) is 1.50. The monoisotopic (exact) mass is 268 g/mol. The zero-order chi connectivity index (χ0) is 14.0. The van der Waals surface area contributed by atoms with Gasteiger partial charge in [0.05, 0.1) is 0 Å². The lowest BCUT2D eigenvalue weighted by Gasteiger charge is -2.01. The van der Waals surface area contributed by atoms with Crippen LogP contribution in [0.4, 0.5) is 0 Å². The van der Waals surface area contributed by atoms with Crippen LogP contribution in [0.1, 0.15) is 12.8 Å². The molecule has 17 heavy (non-hydrogen) atoms. The molecule has 0 aromatic carbocycles. The van der Waals surface area contributed by atoms with Gasteiger partial charge in [0, 0.05) is 12.2 Å². The van der Waals surface area contributed by atoms with Gasteiger partial charge in [0.25, 0.3) is 0 Å². The van der Waals surface area contributed by atoms with Crippen LogP contribution in [-0.2, 0) is 14.4 Å². The first kappa shape index (κ1) is 18.1. The quantitative estimate of drug-likeness (QED) is 0.320. The van der Waals surface area contributed by atoms with Crippen LogP contribution in [0.3, 0.4) is 0 Å². The first-order valence-electron chi connectivity index (χ1n) is 4.51. The summed E-state index contributed by atoms with van der Waals surface area (Å²) >= 11 is 3.65. The van der Waals surface area contributed by atoms with E-state index >= 15 is 0 Å². The van der Waals surface area contributed by atoms with Crippen LogP contribution < -0.4 is 11.5 Å². The zero-order valence-electron chi connectivity index (χ0n) is 8.94. The van der Waals surface area contributed by atoms with E-state index in [0.717, 1.165) is 0 Å². The van der Waals surface area contributed by atoms with Crippen LogP contribution in [0.5, 0.6) is 0 Å². The van der Waals surface area contributed by atoms with Crippen LogP contribution in [0, 0.1) is 0 Å². The molecule has 0 aliphatic heterocycles. The molecule has 0 amide bonds. The fourth-order valence-corrected chi connectivity index (χ4v) is 0.637. The number of aliphatic carboxylic acids is 3. The van der Waals surface area contributed by atoms with Crippen molar-refractivity contribution in [3.05, 3.63) is 0 Å². The van der Waals surface area contributed by atoms with E-state index in [-0.39, 0.29) is 18.6 Å². The van der Waals surface area contributed by atoms with Gasteiger partial charge in [-0.15, -0.1) is 0 Å². The van der Waals surface area contributed by atoms with E-state index in [0.29, 0.717) is 0 Å². The molecule has 0 aromatic rings. The highest BCUT2D eigenvalue weighted by atomic mass is 32.1. The molecule has 0 aliphatic carbocycles. The van der Waals surface area contributed by atoms with E-state index in [4.69, 9.17) is 26.8 Å². The summed E-state index contributed by atoms with van der Waals surface area (Å²) in [7, 11) is 0. The Labute approximate surface area is 103 Å². The number of thiol groups is 1. The average Bonchev–Trinajstić information content (AvgIpc) is 2.24. The minimum Gasteiger partial charge on any atom is -0.481 e. The molecule has 0 rings (SSSR count). The summed E-state index contributed by atoms with van der Waals surface area (Å²) in [5.74, 6) is -3.01. The topological polar surface area (TPSA) is 164 Å². The maximum atomic E-state index is 9.99. The fourth-order valence-electron chi connectivity index (χ4n) is 0.481. The second-order valence-electron chi connectivity index (χ2n) is 3.00. The molecule has 0 fully saturated rings. The van der Waals surface area contributed by atoms with Crippen molar-refractivity contribution in [3.63, 3.8) is 0 Å². The van der Waals surface area contributed by atoms with Crippen molar-refractivity contribution in [3.8, 4) is 0 Å². The number of hydrogen-bond donors (Lipinski definition) is 6. The summed E-state index contributed by atoms with van der Waals surface area (Å²) in [6.45, 7) is 0. The molecule has 9 heteroatoms. The van der Waals surface area contributed by atoms with Crippen LogP contribution in [0.2, 0.25) is 0 Å². The highest BCUT2D eigenvalue weighted by Gasteiger charge is 2.12. The predicted molar refractivity (Wildman–Crippen MR) is 61.9 cm³/mol. The van der Waals surface area contributed by atoms with Gasteiger partial charge >= 0.3 is 17.9 Å². The third kappa shape index (κ3) is 12.6. The SMILES string of the molecule is N[C@@H](CCC(=O)O)C(=O)O.N[C@@H](CS)C(=O)O. The average molecular weight is 268 g/mol. The Bertz CT molecular complexity index is 273. The van der Waals surface area contributed by atoms with Crippen LogP contribution >= 0.6 is 12.6 Å². The summed E-state index contributed by atoms with van der Waals surface area (Å²) in [6.07, 6.45) is -0.224. The van der Waals surface area contributed by atoms with E-state index < -0.39 is 30.0 Å². The van der Waals surface area contributed by atoms with Crippen molar-refractivity contribution >= 4 is 30.5 Å². The van der Waals surface area contributed by atoms with Crippen LogP contribution in [0.25, 0.3) is 0 Å². The Kier molecular flexibility index (Phi) is 10.5. The summed E-state index contributed by atoms with van der Waals surface area (Å²) < 4.78 is 0. The van der Waals surface area contributed by atoms with E-state index in [2.05, 4.69) is 12.6 Å². The van der Waals surface area contributed by atoms with Gasteiger partial charge < -0.3 is 26.8 Å². The molecule has 0 spiro atoms. The molecule has 0 aromatic heterocycles. The van der Waals surface area contributed by atoms with Gasteiger partial charge in [-0.05, 0) is 6.42 Å². The van der Waals surface area contributed by atoms with Crippen molar-refractivity contribution < 1.29 is 29.7 Å². The minimum absolute atomic E-state index is 0.0231. The molecule has 0 bridgehead atoms. The molecule has 100 valence electrons. The molecule has 0 saturated carbocycles. The van der Waals surface area contributed by atoms with Gasteiger partial charge in [-0.25, -0.2) is 0 Å². The predicted octanol–water partition coefficient (Wildman–Crippen LogP) is -1.41. The highest BCUT2D eigenvalue weighted by molar-refractivity contribution is 7.80. The summed E-state index contributed by atoms with van der Waals surface area (Å²) in [4.78, 5) is 29.6. The number of nitrogens with two attached hydrogens (primary N) is 2. The Hall–Kier alpha value is -1.32. The molecular weight excluding hydrogens is 252 g/mol. The maximum Gasteiger partial charge on any atom is 0.321 e. The van der Waals surface area contributed by atoms with E-state index in [1.807, 2.05) is 0 Å². The second kappa shape index (κ2) is 9.87. The number of carboxylic acid groups (broad SMARTS) is 3. The molecular formula is C8H16N2O6S. The van der Waals surface area contributed by atoms with Crippen molar-refractivity contribution in [2.24, 2.45) is 11.5 Å². The molecule has 0 saturated heterocycles. The van der Waals surface area contributed by atoms with Crippen molar-refractivity contribution in [2.75, 3.05) is 5.75 Å². The number of hydrogen-bond acceptors (Lipinski definition) is 6. The normalized spacial score (nSPS) is 12.9. The smallest absolute Gasteiger partial charge is 0.321 e. The second-order valence-corrected chi connectivity index (χ2v) is 3.37. The third-order valence-corrected chi connectivity index (χ3v) is 1.89. The van der Waals surface area contributed by atoms with E-state index in [9.17, 15) is 14.4 Å². The Morgan fingerprint density at radius 1 is 1.00 bits per heavy atom.